The van der Waals surface area contributed by atoms with Crippen molar-refractivity contribution >= 4 is 29.2 Å². The van der Waals surface area contributed by atoms with E-state index < -0.39 is 4.92 Å². The van der Waals surface area contributed by atoms with E-state index in [2.05, 4.69) is 16.9 Å². The molecule has 0 bridgehead atoms. The zero-order valence-corrected chi connectivity index (χ0v) is 11.5. The van der Waals surface area contributed by atoms with Gasteiger partial charge in [-0.2, -0.15) is 16.7 Å². The SMILES string of the molecule is CCSCC(C)N(C)c1ncc([N+](=O)[O-])c(N)n1. The molecule has 1 aromatic heterocycles. The minimum Gasteiger partial charge on any atom is -0.378 e. The van der Waals surface area contributed by atoms with Crippen LogP contribution in [0.15, 0.2) is 6.20 Å². The Balaban J connectivity index is 2.83. The smallest absolute Gasteiger partial charge is 0.329 e. The normalized spacial score (nSPS) is 12.2. The van der Waals surface area contributed by atoms with Gasteiger partial charge in [-0.15, -0.1) is 0 Å². The van der Waals surface area contributed by atoms with Crippen molar-refractivity contribution in [1.82, 2.24) is 9.97 Å². The van der Waals surface area contributed by atoms with Crippen LogP contribution in [-0.4, -0.2) is 39.5 Å². The zero-order chi connectivity index (χ0) is 13.7. The molecule has 1 aromatic rings. The molecular formula is C10H17N5O2S. The number of nitrogen functional groups attached to an aromatic ring is 1. The average molecular weight is 271 g/mol. The van der Waals surface area contributed by atoms with E-state index in [1.807, 2.05) is 30.6 Å². The Labute approximate surface area is 110 Å². The third-order valence-electron chi connectivity index (χ3n) is 2.52. The molecule has 0 radical (unpaired) electrons. The molecular weight excluding hydrogens is 254 g/mol. The molecule has 100 valence electrons. The number of nitrogens with two attached hydrogens (primary N) is 1. The Morgan fingerprint density at radius 1 is 1.67 bits per heavy atom. The lowest BCUT2D eigenvalue weighted by Gasteiger charge is -2.24. The fourth-order valence-electron chi connectivity index (χ4n) is 1.29. The van der Waals surface area contributed by atoms with E-state index in [-0.39, 0.29) is 17.5 Å². The van der Waals surface area contributed by atoms with E-state index in [9.17, 15) is 10.1 Å². The van der Waals surface area contributed by atoms with Crippen LogP contribution in [0, 0.1) is 10.1 Å². The van der Waals surface area contributed by atoms with Crippen LogP contribution in [0.3, 0.4) is 0 Å². The van der Waals surface area contributed by atoms with Gasteiger partial charge < -0.3 is 10.6 Å². The van der Waals surface area contributed by atoms with Crippen molar-refractivity contribution < 1.29 is 4.92 Å². The molecule has 0 aromatic carbocycles. The fraction of sp³-hybridized carbons (Fsp3) is 0.600. The van der Waals surface area contributed by atoms with Crippen molar-refractivity contribution in [2.75, 3.05) is 29.2 Å². The lowest BCUT2D eigenvalue weighted by Crippen LogP contribution is -2.32. The lowest BCUT2D eigenvalue weighted by atomic mass is 10.3. The number of thioether (sulfide) groups is 1. The van der Waals surface area contributed by atoms with E-state index in [1.165, 1.54) is 0 Å². The van der Waals surface area contributed by atoms with E-state index in [4.69, 9.17) is 5.73 Å². The van der Waals surface area contributed by atoms with E-state index >= 15 is 0 Å². The highest BCUT2D eigenvalue weighted by molar-refractivity contribution is 7.99. The molecule has 0 saturated heterocycles. The summed E-state index contributed by atoms with van der Waals surface area (Å²) < 4.78 is 0. The molecule has 1 atom stereocenters. The van der Waals surface area contributed by atoms with Crippen LogP contribution in [0.25, 0.3) is 0 Å². The third-order valence-corrected chi connectivity index (χ3v) is 3.65. The van der Waals surface area contributed by atoms with E-state index in [1.54, 1.807) is 0 Å². The van der Waals surface area contributed by atoms with Gasteiger partial charge in [-0.1, -0.05) is 6.92 Å². The molecule has 8 heteroatoms. The molecule has 0 aliphatic heterocycles. The Kier molecular flexibility index (Phi) is 5.14. The summed E-state index contributed by atoms with van der Waals surface area (Å²) in [6.07, 6.45) is 1.15. The molecule has 0 aliphatic rings. The Hall–Kier alpha value is -1.57. The maximum absolute atomic E-state index is 10.6. The van der Waals surface area contributed by atoms with Gasteiger partial charge in [0.25, 0.3) is 0 Å². The Bertz CT molecular complexity index is 429. The summed E-state index contributed by atoms with van der Waals surface area (Å²) in [5.74, 6) is 2.28. The maximum atomic E-state index is 10.6. The molecule has 0 amide bonds. The number of rotatable bonds is 6. The number of hydrogen-bond acceptors (Lipinski definition) is 7. The second kappa shape index (κ2) is 6.39. The summed E-state index contributed by atoms with van der Waals surface area (Å²) in [4.78, 5) is 19.8. The molecule has 0 aliphatic carbocycles. The lowest BCUT2D eigenvalue weighted by molar-refractivity contribution is -0.384. The van der Waals surface area contributed by atoms with Gasteiger partial charge in [0.2, 0.25) is 11.8 Å². The molecule has 0 saturated carbocycles. The molecule has 0 fully saturated rings. The summed E-state index contributed by atoms with van der Waals surface area (Å²) in [5, 5.41) is 10.6. The molecule has 7 nitrogen and oxygen atoms in total. The molecule has 1 heterocycles. The highest BCUT2D eigenvalue weighted by atomic mass is 32.2. The van der Waals surface area contributed by atoms with Crippen LogP contribution < -0.4 is 10.6 Å². The fourth-order valence-corrected chi connectivity index (χ4v) is 2.09. The first-order chi connectivity index (χ1) is 8.47. The second-order valence-electron chi connectivity index (χ2n) is 3.82. The summed E-state index contributed by atoms with van der Waals surface area (Å²) in [6, 6.07) is 0.232. The van der Waals surface area contributed by atoms with Gasteiger partial charge in [0.1, 0.15) is 6.20 Å². The number of nitrogens with zero attached hydrogens (tertiary/aromatic N) is 4. The van der Waals surface area contributed by atoms with Crippen molar-refractivity contribution in [1.29, 1.82) is 0 Å². The highest BCUT2D eigenvalue weighted by Gasteiger charge is 2.18. The van der Waals surface area contributed by atoms with E-state index in [0.29, 0.717) is 5.95 Å². The summed E-state index contributed by atoms with van der Waals surface area (Å²) in [6.45, 7) is 4.14. The number of aromatic nitrogens is 2. The minimum atomic E-state index is -0.588. The van der Waals surface area contributed by atoms with Gasteiger partial charge in [0, 0.05) is 18.8 Å². The summed E-state index contributed by atoms with van der Waals surface area (Å²) in [7, 11) is 1.85. The first-order valence-electron chi connectivity index (χ1n) is 5.54. The Morgan fingerprint density at radius 3 is 2.83 bits per heavy atom. The van der Waals surface area contributed by atoms with Gasteiger partial charge in [-0.05, 0) is 12.7 Å². The van der Waals surface area contributed by atoms with Gasteiger partial charge in [0.15, 0.2) is 0 Å². The van der Waals surface area contributed by atoms with Gasteiger partial charge in [0.05, 0.1) is 4.92 Å². The van der Waals surface area contributed by atoms with Gasteiger partial charge >= 0.3 is 5.69 Å². The van der Waals surface area contributed by atoms with Crippen LogP contribution in [0.2, 0.25) is 0 Å². The summed E-state index contributed by atoms with van der Waals surface area (Å²) >= 11 is 1.81. The van der Waals surface area contributed by atoms with Crippen LogP contribution in [0.4, 0.5) is 17.5 Å². The van der Waals surface area contributed by atoms with Crippen LogP contribution >= 0.6 is 11.8 Å². The largest absolute Gasteiger partial charge is 0.378 e. The first-order valence-corrected chi connectivity index (χ1v) is 6.70. The van der Waals surface area contributed by atoms with Gasteiger partial charge in [-0.25, -0.2) is 4.98 Å². The van der Waals surface area contributed by atoms with Crippen molar-refractivity contribution in [2.24, 2.45) is 0 Å². The first kappa shape index (κ1) is 14.5. The Morgan fingerprint density at radius 2 is 2.33 bits per heavy atom. The van der Waals surface area contributed by atoms with Crippen molar-refractivity contribution in [2.45, 2.75) is 19.9 Å². The molecule has 0 spiro atoms. The topological polar surface area (TPSA) is 98.2 Å². The zero-order valence-electron chi connectivity index (χ0n) is 10.7. The molecule has 1 unspecified atom stereocenters. The van der Waals surface area contributed by atoms with Crippen molar-refractivity contribution in [3.8, 4) is 0 Å². The van der Waals surface area contributed by atoms with Crippen LogP contribution in [0.5, 0.6) is 0 Å². The maximum Gasteiger partial charge on any atom is 0.329 e. The van der Waals surface area contributed by atoms with Crippen LogP contribution in [0.1, 0.15) is 13.8 Å². The summed E-state index contributed by atoms with van der Waals surface area (Å²) in [5.41, 5.74) is 5.27. The number of hydrogen-bond donors (Lipinski definition) is 1. The second-order valence-corrected chi connectivity index (χ2v) is 5.14. The quantitative estimate of drug-likeness (QED) is 0.619. The predicted octanol–water partition coefficient (Wildman–Crippen LogP) is 1.54. The number of anilines is 2. The van der Waals surface area contributed by atoms with E-state index in [0.717, 1.165) is 17.7 Å². The highest BCUT2D eigenvalue weighted by Crippen LogP contribution is 2.21. The monoisotopic (exact) mass is 271 g/mol. The van der Waals surface area contributed by atoms with Gasteiger partial charge in [-0.3, -0.25) is 10.1 Å². The molecule has 1 rings (SSSR count). The third kappa shape index (κ3) is 3.46. The standard InChI is InChI=1S/C10H17N5O2S/c1-4-18-6-7(2)14(3)10-12-5-8(15(16)17)9(11)13-10/h5,7H,4,6H2,1-3H3,(H2,11,12,13). The van der Waals surface area contributed by atoms with Crippen molar-refractivity contribution in [3.63, 3.8) is 0 Å². The number of nitro groups is 1. The average Bonchev–Trinajstić information content (AvgIpc) is 2.34. The predicted molar refractivity (Wildman–Crippen MR) is 74.0 cm³/mol. The minimum absolute atomic E-state index is 0.104. The molecule has 18 heavy (non-hydrogen) atoms. The van der Waals surface area contributed by atoms with Crippen molar-refractivity contribution in [3.05, 3.63) is 16.3 Å². The van der Waals surface area contributed by atoms with Crippen LogP contribution in [-0.2, 0) is 0 Å². The molecule has 2 N–H and O–H groups in total.